The lowest BCUT2D eigenvalue weighted by Gasteiger charge is -2.23. The van der Waals surface area contributed by atoms with E-state index in [0.29, 0.717) is 18.2 Å². The molecule has 0 N–H and O–H groups in total. The van der Waals surface area contributed by atoms with Crippen molar-refractivity contribution >= 4 is 33.0 Å². The molecule has 0 fully saturated rings. The third-order valence-electron chi connectivity index (χ3n) is 2.10. The van der Waals surface area contributed by atoms with E-state index in [-0.39, 0.29) is 16.9 Å². The first kappa shape index (κ1) is 13.5. The Bertz CT molecular complexity index is 233. The number of alkyl halides is 2. The Morgan fingerprint density at radius 3 is 2.00 bits per heavy atom. The third kappa shape index (κ3) is 5.08. The van der Waals surface area contributed by atoms with E-state index in [1.54, 1.807) is 6.92 Å². The van der Waals surface area contributed by atoms with Gasteiger partial charge in [-0.25, -0.2) is 8.42 Å². The normalized spacial score (nSPS) is 13.2. The van der Waals surface area contributed by atoms with E-state index >= 15 is 0 Å². The maximum absolute atomic E-state index is 11.2. The first-order valence-corrected chi connectivity index (χ1v) is 7.10. The van der Waals surface area contributed by atoms with Gasteiger partial charge in [-0.1, -0.05) is 13.8 Å². The second kappa shape index (κ2) is 5.42. The van der Waals surface area contributed by atoms with Gasteiger partial charge in [0.25, 0.3) is 0 Å². The van der Waals surface area contributed by atoms with Crippen LogP contribution in [-0.2, 0) is 9.84 Å². The molecule has 5 heteroatoms. The van der Waals surface area contributed by atoms with Crippen LogP contribution in [0.25, 0.3) is 0 Å². The van der Waals surface area contributed by atoms with Crippen molar-refractivity contribution in [2.45, 2.75) is 20.3 Å². The standard InChI is InChI=1S/C8H16Cl2O2S/c1-3-13(11,12)5-4-8(2,6-9)7-10/h3-7H2,1-2H3. The van der Waals surface area contributed by atoms with Gasteiger partial charge in [0.05, 0.1) is 5.75 Å². The van der Waals surface area contributed by atoms with E-state index in [4.69, 9.17) is 23.2 Å². The molecule has 0 saturated heterocycles. The van der Waals surface area contributed by atoms with E-state index < -0.39 is 9.84 Å². The van der Waals surface area contributed by atoms with E-state index in [2.05, 4.69) is 0 Å². The molecule has 0 heterocycles. The number of rotatable bonds is 6. The largest absolute Gasteiger partial charge is 0.229 e. The van der Waals surface area contributed by atoms with Crippen LogP contribution in [0.5, 0.6) is 0 Å². The van der Waals surface area contributed by atoms with Crippen molar-refractivity contribution in [3.63, 3.8) is 0 Å². The van der Waals surface area contributed by atoms with Crippen LogP contribution in [0.3, 0.4) is 0 Å². The van der Waals surface area contributed by atoms with Crippen molar-refractivity contribution in [2.75, 3.05) is 23.3 Å². The van der Waals surface area contributed by atoms with Crippen molar-refractivity contribution in [1.29, 1.82) is 0 Å². The summed E-state index contributed by atoms with van der Waals surface area (Å²) < 4.78 is 22.4. The van der Waals surface area contributed by atoms with Crippen molar-refractivity contribution in [3.05, 3.63) is 0 Å². The molecule has 0 atom stereocenters. The summed E-state index contributed by atoms with van der Waals surface area (Å²) in [5, 5.41) is 0. The van der Waals surface area contributed by atoms with Gasteiger partial charge in [0.1, 0.15) is 9.84 Å². The second-order valence-electron chi connectivity index (χ2n) is 3.56. The van der Waals surface area contributed by atoms with Crippen LogP contribution in [0.2, 0.25) is 0 Å². The van der Waals surface area contributed by atoms with Gasteiger partial charge < -0.3 is 0 Å². The predicted octanol–water partition coefficient (Wildman–Crippen LogP) is 2.30. The topological polar surface area (TPSA) is 34.1 Å². The van der Waals surface area contributed by atoms with Crippen LogP contribution in [0.4, 0.5) is 0 Å². The van der Waals surface area contributed by atoms with Crippen molar-refractivity contribution in [2.24, 2.45) is 5.41 Å². The van der Waals surface area contributed by atoms with E-state index in [1.807, 2.05) is 6.92 Å². The quantitative estimate of drug-likeness (QED) is 0.675. The van der Waals surface area contributed by atoms with Crippen LogP contribution >= 0.6 is 23.2 Å². The Hall–Kier alpha value is 0.530. The Labute approximate surface area is 90.5 Å². The highest BCUT2D eigenvalue weighted by Crippen LogP contribution is 2.25. The smallest absolute Gasteiger partial charge is 0.150 e. The first-order valence-electron chi connectivity index (χ1n) is 4.21. The zero-order chi connectivity index (χ0) is 10.5. The average molecular weight is 247 g/mol. The molecule has 0 aliphatic rings. The fourth-order valence-electron chi connectivity index (χ4n) is 0.716. The summed E-state index contributed by atoms with van der Waals surface area (Å²) in [6, 6.07) is 0. The highest BCUT2D eigenvalue weighted by Gasteiger charge is 2.24. The molecule has 0 aliphatic carbocycles. The summed E-state index contributed by atoms with van der Waals surface area (Å²) >= 11 is 11.4. The highest BCUT2D eigenvalue weighted by atomic mass is 35.5. The van der Waals surface area contributed by atoms with Crippen LogP contribution in [0, 0.1) is 5.41 Å². The highest BCUT2D eigenvalue weighted by molar-refractivity contribution is 7.91. The Balaban J connectivity index is 4.15. The molecule has 0 radical (unpaired) electrons. The van der Waals surface area contributed by atoms with Crippen LogP contribution in [0.1, 0.15) is 20.3 Å². The molecule has 0 aromatic heterocycles. The summed E-state index contributed by atoms with van der Waals surface area (Å²) in [6.07, 6.45) is 0.538. The van der Waals surface area contributed by atoms with Gasteiger partial charge in [0.15, 0.2) is 0 Å². The minimum atomic E-state index is -2.89. The zero-order valence-corrected chi connectivity index (χ0v) is 10.3. The van der Waals surface area contributed by atoms with Gasteiger partial charge in [-0.05, 0) is 11.8 Å². The number of sulfone groups is 1. The Kier molecular flexibility index (Phi) is 5.64. The van der Waals surface area contributed by atoms with Crippen LogP contribution in [0.15, 0.2) is 0 Å². The lowest BCUT2D eigenvalue weighted by molar-refractivity contribution is 0.410. The van der Waals surface area contributed by atoms with E-state index in [0.717, 1.165) is 0 Å². The molecular formula is C8H16Cl2O2S. The number of hydrogen-bond donors (Lipinski definition) is 0. The minimum absolute atomic E-state index is 0.180. The second-order valence-corrected chi connectivity index (χ2v) is 6.57. The van der Waals surface area contributed by atoms with Crippen LogP contribution < -0.4 is 0 Å². The minimum Gasteiger partial charge on any atom is -0.229 e. The number of halogens is 2. The van der Waals surface area contributed by atoms with E-state index in [9.17, 15) is 8.42 Å². The molecule has 0 spiro atoms. The summed E-state index contributed by atoms with van der Waals surface area (Å²) in [7, 11) is -2.89. The van der Waals surface area contributed by atoms with Gasteiger partial charge in [-0.3, -0.25) is 0 Å². The first-order chi connectivity index (χ1) is 5.89. The predicted molar refractivity (Wildman–Crippen MR) is 58.5 cm³/mol. The van der Waals surface area contributed by atoms with Crippen LogP contribution in [-0.4, -0.2) is 31.7 Å². The molecule has 0 aliphatic heterocycles. The summed E-state index contributed by atoms with van der Waals surface area (Å²) in [5.74, 6) is 1.17. The molecule has 0 aromatic carbocycles. The molecule has 0 unspecified atom stereocenters. The zero-order valence-electron chi connectivity index (χ0n) is 8.02. The molecule has 0 aromatic rings. The van der Waals surface area contributed by atoms with Crippen molar-refractivity contribution < 1.29 is 8.42 Å². The van der Waals surface area contributed by atoms with Gasteiger partial charge in [-0.15, -0.1) is 23.2 Å². The molecule has 0 bridgehead atoms. The molecule has 2 nitrogen and oxygen atoms in total. The van der Waals surface area contributed by atoms with Gasteiger partial charge in [0.2, 0.25) is 0 Å². The molecule has 13 heavy (non-hydrogen) atoms. The molecule has 0 saturated carbocycles. The average Bonchev–Trinajstić information content (AvgIpc) is 2.14. The number of hydrogen-bond acceptors (Lipinski definition) is 2. The molecule has 0 amide bonds. The molecular weight excluding hydrogens is 231 g/mol. The van der Waals surface area contributed by atoms with Crippen molar-refractivity contribution in [3.8, 4) is 0 Å². The van der Waals surface area contributed by atoms with Gasteiger partial charge >= 0.3 is 0 Å². The Morgan fingerprint density at radius 1 is 1.23 bits per heavy atom. The fraction of sp³-hybridized carbons (Fsp3) is 1.00. The SMILES string of the molecule is CCS(=O)(=O)CCC(C)(CCl)CCl. The maximum atomic E-state index is 11.2. The maximum Gasteiger partial charge on any atom is 0.150 e. The summed E-state index contributed by atoms with van der Waals surface area (Å²) in [4.78, 5) is 0. The molecule has 0 rings (SSSR count). The van der Waals surface area contributed by atoms with Gasteiger partial charge in [0, 0.05) is 17.5 Å². The summed E-state index contributed by atoms with van der Waals surface area (Å²) in [5.41, 5.74) is -0.259. The lowest BCUT2D eigenvalue weighted by atomic mass is 9.93. The Morgan fingerprint density at radius 2 is 1.69 bits per heavy atom. The van der Waals surface area contributed by atoms with E-state index in [1.165, 1.54) is 0 Å². The monoisotopic (exact) mass is 246 g/mol. The molecule has 80 valence electrons. The van der Waals surface area contributed by atoms with Crippen molar-refractivity contribution in [1.82, 2.24) is 0 Å². The lowest BCUT2D eigenvalue weighted by Crippen LogP contribution is -2.25. The fourth-order valence-corrected chi connectivity index (χ4v) is 2.36. The summed E-state index contributed by atoms with van der Waals surface area (Å²) in [6.45, 7) is 3.55. The third-order valence-corrected chi connectivity index (χ3v) is 5.10. The van der Waals surface area contributed by atoms with Gasteiger partial charge in [-0.2, -0.15) is 0 Å².